The van der Waals surface area contributed by atoms with Crippen LogP contribution in [0.25, 0.3) is 0 Å². The van der Waals surface area contributed by atoms with Crippen LogP contribution in [0.4, 0.5) is 0 Å². The summed E-state index contributed by atoms with van der Waals surface area (Å²) in [6.07, 6.45) is 5.46. The van der Waals surface area contributed by atoms with Crippen LogP contribution in [0.3, 0.4) is 0 Å². The summed E-state index contributed by atoms with van der Waals surface area (Å²) >= 11 is 0. The van der Waals surface area contributed by atoms with E-state index in [0.29, 0.717) is 6.04 Å². The van der Waals surface area contributed by atoms with E-state index in [-0.39, 0.29) is 12.1 Å². The molecule has 1 aromatic rings. The Balaban J connectivity index is 2.18. The van der Waals surface area contributed by atoms with Gasteiger partial charge in [0, 0.05) is 11.2 Å². The lowest BCUT2D eigenvalue weighted by molar-refractivity contribution is 0.0940. The molecule has 2 unspecified atom stereocenters. The van der Waals surface area contributed by atoms with Crippen molar-refractivity contribution in [2.45, 2.75) is 71.4 Å². The molecule has 4 heteroatoms. The zero-order chi connectivity index (χ0) is 14.8. The summed E-state index contributed by atoms with van der Waals surface area (Å²) < 4.78 is 2.20. The van der Waals surface area contributed by atoms with Crippen LogP contribution in [0.5, 0.6) is 0 Å². The molecule has 0 amide bonds. The van der Waals surface area contributed by atoms with Gasteiger partial charge in [-0.05, 0) is 65.0 Å². The number of aromatic nitrogens is 2. The molecular formula is C16H29N3O. The predicted molar refractivity (Wildman–Crippen MR) is 82.1 cm³/mol. The molecule has 1 aromatic heterocycles. The van der Waals surface area contributed by atoms with E-state index in [2.05, 4.69) is 37.7 Å². The number of aliphatic hydroxyl groups excluding tert-OH is 1. The number of aryl methyl sites for hydroxylation is 1. The largest absolute Gasteiger partial charge is 0.394 e. The molecule has 1 saturated carbocycles. The molecule has 0 aliphatic heterocycles. The fraction of sp³-hybridized carbons (Fsp3) is 0.812. The Bertz CT molecular complexity index is 455. The second-order valence-corrected chi connectivity index (χ2v) is 6.36. The average Bonchev–Trinajstić information content (AvgIpc) is 2.73. The fourth-order valence-electron chi connectivity index (χ4n) is 3.39. The first-order chi connectivity index (χ1) is 9.53. The molecule has 0 saturated heterocycles. The van der Waals surface area contributed by atoms with Crippen molar-refractivity contribution in [2.24, 2.45) is 0 Å². The molecule has 1 aliphatic rings. The highest BCUT2D eigenvalue weighted by molar-refractivity contribution is 5.23. The number of hydrogen-bond acceptors (Lipinski definition) is 3. The molecule has 0 radical (unpaired) electrons. The minimum Gasteiger partial charge on any atom is -0.394 e. The second-order valence-electron chi connectivity index (χ2n) is 6.36. The number of aliphatic hydroxyl groups is 1. The van der Waals surface area contributed by atoms with E-state index >= 15 is 0 Å². The van der Waals surface area contributed by atoms with Gasteiger partial charge < -0.3 is 10.4 Å². The molecule has 1 heterocycles. The molecular weight excluding hydrogens is 250 g/mol. The van der Waals surface area contributed by atoms with Crippen LogP contribution in [-0.4, -0.2) is 33.6 Å². The summed E-state index contributed by atoms with van der Waals surface area (Å²) in [5.41, 5.74) is 3.59. The third kappa shape index (κ3) is 2.91. The molecule has 2 atom stereocenters. The smallest absolute Gasteiger partial charge is 0.0625 e. The van der Waals surface area contributed by atoms with Crippen LogP contribution in [0, 0.1) is 20.8 Å². The van der Waals surface area contributed by atoms with Crippen LogP contribution in [0.1, 0.15) is 62.0 Å². The van der Waals surface area contributed by atoms with E-state index in [1.54, 1.807) is 0 Å². The topological polar surface area (TPSA) is 50.1 Å². The van der Waals surface area contributed by atoms with Gasteiger partial charge in [-0.2, -0.15) is 5.10 Å². The van der Waals surface area contributed by atoms with Gasteiger partial charge in [0.25, 0.3) is 0 Å². The molecule has 2 N–H and O–H groups in total. The highest BCUT2D eigenvalue weighted by Crippen LogP contribution is 2.36. The van der Waals surface area contributed by atoms with Gasteiger partial charge in [-0.1, -0.05) is 6.92 Å². The van der Waals surface area contributed by atoms with Crippen molar-refractivity contribution in [2.75, 3.05) is 13.2 Å². The summed E-state index contributed by atoms with van der Waals surface area (Å²) in [7, 11) is 0. The van der Waals surface area contributed by atoms with Crippen molar-refractivity contribution in [3.05, 3.63) is 17.0 Å². The van der Waals surface area contributed by atoms with Gasteiger partial charge in [-0.15, -0.1) is 0 Å². The molecule has 4 nitrogen and oxygen atoms in total. The van der Waals surface area contributed by atoms with E-state index in [0.717, 1.165) is 44.3 Å². The Morgan fingerprint density at radius 1 is 1.40 bits per heavy atom. The van der Waals surface area contributed by atoms with Gasteiger partial charge in [0.15, 0.2) is 0 Å². The minimum absolute atomic E-state index is 0.112. The molecule has 114 valence electrons. The van der Waals surface area contributed by atoms with Crippen LogP contribution in [0.2, 0.25) is 0 Å². The summed E-state index contributed by atoms with van der Waals surface area (Å²) in [6.45, 7) is 9.75. The summed E-state index contributed by atoms with van der Waals surface area (Å²) in [6, 6.07) is 0.410. The fourth-order valence-corrected chi connectivity index (χ4v) is 3.39. The first kappa shape index (κ1) is 15.5. The summed E-state index contributed by atoms with van der Waals surface area (Å²) in [4.78, 5) is 0. The highest BCUT2D eigenvalue weighted by Gasteiger charge is 2.36. The zero-order valence-corrected chi connectivity index (χ0v) is 13.4. The molecule has 0 spiro atoms. The molecule has 1 fully saturated rings. The lowest BCUT2D eigenvalue weighted by atomic mass is 9.79. The van der Waals surface area contributed by atoms with Crippen molar-refractivity contribution < 1.29 is 5.11 Å². The van der Waals surface area contributed by atoms with E-state index in [9.17, 15) is 5.11 Å². The standard InChI is InChI=1S/C16H29N3O/c1-5-9-17-16(11-20)8-6-7-15(10-16)19-14(4)12(2)13(3)18-19/h15,17,20H,5-11H2,1-4H3. The van der Waals surface area contributed by atoms with Crippen LogP contribution >= 0.6 is 0 Å². The van der Waals surface area contributed by atoms with Crippen LogP contribution in [0.15, 0.2) is 0 Å². The monoisotopic (exact) mass is 279 g/mol. The molecule has 0 bridgehead atoms. The van der Waals surface area contributed by atoms with Crippen LogP contribution < -0.4 is 5.32 Å². The lowest BCUT2D eigenvalue weighted by Gasteiger charge is -2.41. The van der Waals surface area contributed by atoms with E-state index < -0.39 is 0 Å². The zero-order valence-electron chi connectivity index (χ0n) is 13.4. The number of nitrogens with zero attached hydrogens (tertiary/aromatic N) is 2. The van der Waals surface area contributed by atoms with Crippen molar-refractivity contribution in [3.63, 3.8) is 0 Å². The van der Waals surface area contributed by atoms with Crippen molar-refractivity contribution in [1.29, 1.82) is 0 Å². The van der Waals surface area contributed by atoms with E-state index in [4.69, 9.17) is 5.10 Å². The van der Waals surface area contributed by atoms with Crippen molar-refractivity contribution >= 4 is 0 Å². The van der Waals surface area contributed by atoms with Crippen molar-refractivity contribution in [1.82, 2.24) is 15.1 Å². The summed E-state index contributed by atoms with van der Waals surface area (Å²) in [5, 5.41) is 18.2. The van der Waals surface area contributed by atoms with Gasteiger partial charge in [-0.25, -0.2) is 0 Å². The van der Waals surface area contributed by atoms with Crippen molar-refractivity contribution in [3.8, 4) is 0 Å². The maximum Gasteiger partial charge on any atom is 0.0625 e. The Labute approximate surface area is 122 Å². The Hall–Kier alpha value is -0.870. The molecule has 2 rings (SSSR count). The predicted octanol–water partition coefficient (Wildman–Crippen LogP) is 2.65. The van der Waals surface area contributed by atoms with Gasteiger partial charge in [0.05, 0.1) is 18.3 Å². The highest BCUT2D eigenvalue weighted by atomic mass is 16.3. The Morgan fingerprint density at radius 2 is 2.15 bits per heavy atom. The van der Waals surface area contributed by atoms with Gasteiger partial charge >= 0.3 is 0 Å². The molecule has 1 aliphatic carbocycles. The third-order valence-corrected chi connectivity index (χ3v) is 4.90. The number of hydrogen-bond donors (Lipinski definition) is 2. The lowest BCUT2D eigenvalue weighted by Crippen LogP contribution is -2.52. The van der Waals surface area contributed by atoms with Gasteiger partial charge in [0.2, 0.25) is 0 Å². The second kappa shape index (κ2) is 6.27. The van der Waals surface area contributed by atoms with Crippen LogP contribution in [-0.2, 0) is 0 Å². The molecule has 0 aromatic carbocycles. The normalized spacial score (nSPS) is 26.9. The van der Waals surface area contributed by atoms with Gasteiger partial charge in [-0.3, -0.25) is 4.68 Å². The molecule has 20 heavy (non-hydrogen) atoms. The SMILES string of the molecule is CCCNC1(CO)CCCC(n2nc(C)c(C)c2C)C1. The number of nitrogens with one attached hydrogen (secondary N) is 1. The minimum atomic E-state index is -0.112. The third-order valence-electron chi connectivity index (χ3n) is 4.90. The Kier molecular flexibility index (Phi) is 4.86. The number of rotatable bonds is 5. The first-order valence-corrected chi connectivity index (χ1v) is 7.91. The van der Waals surface area contributed by atoms with E-state index in [1.165, 1.54) is 11.3 Å². The maximum atomic E-state index is 9.87. The maximum absolute atomic E-state index is 9.87. The van der Waals surface area contributed by atoms with Gasteiger partial charge in [0.1, 0.15) is 0 Å². The first-order valence-electron chi connectivity index (χ1n) is 7.91. The Morgan fingerprint density at radius 3 is 2.70 bits per heavy atom. The summed E-state index contributed by atoms with van der Waals surface area (Å²) in [5.74, 6) is 0. The quantitative estimate of drug-likeness (QED) is 0.871. The van der Waals surface area contributed by atoms with E-state index in [1.807, 2.05) is 0 Å². The average molecular weight is 279 g/mol.